The molecule has 0 spiro atoms. The third-order valence-electron chi connectivity index (χ3n) is 6.75. The van der Waals surface area contributed by atoms with Crippen molar-refractivity contribution in [3.63, 3.8) is 0 Å². The van der Waals surface area contributed by atoms with E-state index in [-0.39, 0.29) is 5.41 Å². The van der Waals surface area contributed by atoms with E-state index in [2.05, 4.69) is 57.8 Å². The lowest BCUT2D eigenvalue weighted by Gasteiger charge is -2.34. The van der Waals surface area contributed by atoms with Gasteiger partial charge in [-0.2, -0.15) is 9.97 Å². The van der Waals surface area contributed by atoms with Crippen molar-refractivity contribution < 1.29 is 4.74 Å². The van der Waals surface area contributed by atoms with Gasteiger partial charge in [-0.15, -0.1) is 0 Å². The molecule has 1 aromatic carbocycles. The number of anilines is 2. The Labute approximate surface area is 190 Å². The van der Waals surface area contributed by atoms with Gasteiger partial charge in [-0.1, -0.05) is 43.2 Å². The van der Waals surface area contributed by atoms with E-state index >= 15 is 0 Å². The minimum Gasteiger partial charge on any atom is -0.481 e. The number of benzene rings is 1. The highest BCUT2D eigenvalue weighted by Gasteiger charge is 2.35. The number of nitrogens with zero attached hydrogens (tertiary/aromatic N) is 3. The molecule has 0 bridgehead atoms. The largest absolute Gasteiger partial charge is 0.481 e. The van der Waals surface area contributed by atoms with Crippen LogP contribution in [0.25, 0.3) is 0 Å². The molecular weight excluding hydrogens is 406 g/mol. The molecule has 1 aliphatic carbocycles. The standard InChI is InChI=1S/C24H33N5OS/c1-18-10-6-9-15-29(18)20-16-21(30-2)27-22(26-20)28-23(31)25-17-24(13-7-8-14-24)19-11-4-3-5-12-19/h3-5,11-12,16,18H,6-10,13-15,17H2,1-2H3,(H2,25,26,27,28,31). The maximum Gasteiger partial charge on any atom is 0.234 e. The van der Waals surface area contributed by atoms with Crippen molar-refractivity contribution in [3.05, 3.63) is 42.0 Å². The van der Waals surface area contributed by atoms with Gasteiger partial charge >= 0.3 is 0 Å². The van der Waals surface area contributed by atoms with Crippen LogP contribution < -0.4 is 20.3 Å². The molecule has 1 saturated carbocycles. The third-order valence-corrected chi connectivity index (χ3v) is 7.00. The van der Waals surface area contributed by atoms with Crippen molar-refractivity contribution in [2.45, 2.75) is 63.3 Å². The molecule has 1 aliphatic heterocycles. The van der Waals surface area contributed by atoms with E-state index in [1.807, 2.05) is 6.07 Å². The van der Waals surface area contributed by atoms with E-state index in [9.17, 15) is 0 Å². The highest BCUT2D eigenvalue weighted by atomic mass is 32.1. The summed E-state index contributed by atoms with van der Waals surface area (Å²) in [6.07, 6.45) is 8.50. The van der Waals surface area contributed by atoms with Gasteiger partial charge in [0.2, 0.25) is 11.8 Å². The second-order valence-corrected chi connectivity index (χ2v) is 9.20. The zero-order valence-electron chi connectivity index (χ0n) is 18.6. The number of nitrogens with one attached hydrogen (secondary N) is 2. The summed E-state index contributed by atoms with van der Waals surface area (Å²) < 4.78 is 5.44. The Morgan fingerprint density at radius 1 is 1.16 bits per heavy atom. The van der Waals surface area contributed by atoms with Crippen LogP contribution in [0.2, 0.25) is 0 Å². The molecule has 1 atom stereocenters. The molecule has 1 saturated heterocycles. The average Bonchev–Trinajstić information content (AvgIpc) is 3.29. The van der Waals surface area contributed by atoms with Crippen LogP contribution in [-0.2, 0) is 5.41 Å². The summed E-state index contributed by atoms with van der Waals surface area (Å²) in [5.41, 5.74) is 1.53. The van der Waals surface area contributed by atoms with Gasteiger partial charge in [-0.25, -0.2) is 0 Å². The number of thiocarbonyl (C=S) groups is 1. The fraction of sp³-hybridized carbons (Fsp3) is 0.542. The van der Waals surface area contributed by atoms with Crippen LogP contribution in [0.3, 0.4) is 0 Å². The van der Waals surface area contributed by atoms with E-state index < -0.39 is 0 Å². The molecule has 31 heavy (non-hydrogen) atoms. The highest BCUT2D eigenvalue weighted by Crippen LogP contribution is 2.40. The van der Waals surface area contributed by atoms with Crippen LogP contribution in [0, 0.1) is 0 Å². The van der Waals surface area contributed by atoms with Crippen molar-refractivity contribution >= 4 is 29.1 Å². The molecular formula is C24H33N5OS. The molecule has 7 heteroatoms. The summed E-state index contributed by atoms with van der Waals surface area (Å²) in [6, 6.07) is 13.2. The summed E-state index contributed by atoms with van der Waals surface area (Å²) in [5, 5.41) is 7.19. The summed E-state index contributed by atoms with van der Waals surface area (Å²) in [5.74, 6) is 1.91. The molecule has 2 aromatic rings. The number of piperidine rings is 1. The first-order chi connectivity index (χ1) is 15.1. The molecule has 0 radical (unpaired) electrons. The Morgan fingerprint density at radius 2 is 1.94 bits per heavy atom. The normalized spacial score (nSPS) is 20.3. The maximum atomic E-state index is 5.62. The molecule has 2 aliphatic rings. The van der Waals surface area contributed by atoms with Crippen molar-refractivity contribution in [1.29, 1.82) is 0 Å². The van der Waals surface area contributed by atoms with Gasteiger partial charge in [0.25, 0.3) is 0 Å². The van der Waals surface area contributed by atoms with Gasteiger partial charge in [0.1, 0.15) is 5.82 Å². The van der Waals surface area contributed by atoms with Crippen LogP contribution >= 0.6 is 12.2 Å². The van der Waals surface area contributed by atoms with Gasteiger partial charge in [0, 0.05) is 30.6 Å². The van der Waals surface area contributed by atoms with Crippen LogP contribution in [0.5, 0.6) is 5.88 Å². The molecule has 166 valence electrons. The second kappa shape index (κ2) is 9.81. The van der Waals surface area contributed by atoms with Gasteiger partial charge in [0.15, 0.2) is 5.11 Å². The van der Waals surface area contributed by atoms with Crippen LogP contribution in [-0.4, -0.2) is 41.3 Å². The number of ether oxygens (including phenoxy) is 1. The third kappa shape index (κ3) is 5.09. The van der Waals surface area contributed by atoms with Crippen molar-refractivity contribution in [2.75, 3.05) is 30.4 Å². The highest BCUT2D eigenvalue weighted by molar-refractivity contribution is 7.80. The van der Waals surface area contributed by atoms with Crippen molar-refractivity contribution in [3.8, 4) is 5.88 Å². The first-order valence-electron chi connectivity index (χ1n) is 11.4. The average molecular weight is 440 g/mol. The van der Waals surface area contributed by atoms with Crippen LogP contribution in [0.4, 0.5) is 11.8 Å². The van der Waals surface area contributed by atoms with Gasteiger partial charge < -0.3 is 20.3 Å². The number of hydrogen-bond donors (Lipinski definition) is 2. The predicted octanol–water partition coefficient (Wildman–Crippen LogP) is 4.66. The molecule has 0 amide bonds. The molecule has 4 rings (SSSR count). The van der Waals surface area contributed by atoms with E-state index in [0.717, 1.165) is 18.9 Å². The van der Waals surface area contributed by atoms with Gasteiger partial charge in [-0.3, -0.25) is 0 Å². The summed E-state index contributed by atoms with van der Waals surface area (Å²) in [6.45, 7) is 4.06. The van der Waals surface area contributed by atoms with E-state index in [1.54, 1.807) is 7.11 Å². The minimum atomic E-state index is 0.136. The Bertz CT molecular complexity index is 885. The quantitative estimate of drug-likeness (QED) is 0.635. The lowest BCUT2D eigenvalue weighted by atomic mass is 9.79. The Hall–Kier alpha value is -2.41. The van der Waals surface area contributed by atoms with E-state index in [1.165, 1.54) is 50.5 Å². The zero-order valence-corrected chi connectivity index (χ0v) is 19.4. The zero-order chi connectivity index (χ0) is 21.7. The predicted molar refractivity (Wildman–Crippen MR) is 130 cm³/mol. The maximum absolute atomic E-state index is 5.62. The first-order valence-corrected chi connectivity index (χ1v) is 11.8. The summed E-state index contributed by atoms with van der Waals surface area (Å²) in [4.78, 5) is 11.5. The number of methoxy groups -OCH3 is 1. The number of aromatic nitrogens is 2. The van der Waals surface area contributed by atoms with E-state index in [4.69, 9.17) is 21.9 Å². The molecule has 2 heterocycles. The minimum absolute atomic E-state index is 0.136. The van der Waals surface area contributed by atoms with E-state index in [0.29, 0.717) is 23.0 Å². The lowest BCUT2D eigenvalue weighted by Crippen LogP contribution is -2.41. The lowest BCUT2D eigenvalue weighted by molar-refractivity contribution is 0.396. The van der Waals surface area contributed by atoms with Crippen molar-refractivity contribution in [2.24, 2.45) is 0 Å². The molecule has 2 N–H and O–H groups in total. The summed E-state index contributed by atoms with van der Waals surface area (Å²) >= 11 is 5.62. The molecule has 6 nitrogen and oxygen atoms in total. The molecule has 2 fully saturated rings. The van der Waals surface area contributed by atoms with Gasteiger partial charge in [-0.05, 0) is 56.8 Å². The Balaban J connectivity index is 1.45. The second-order valence-electron chi connectivity index (χ2n) is 8.79. The Kier molecular flexibility index (Phi) is 6.90. The van der Waals surface area contributed by atoms with Crippen LogP contribution in [0.1, 0.15) is 57.4 Å². The first kappa shape index (κ1) is 21.8. The topological polar surface area (TPSA) is 62.3 Å². The van der Waals surface area contributed by atoms with Crippen LogP contribution in [0.15, 0.2) is 36.4 Å². The fourth-order valence-corrected chi connectivity index (χ4v) is 5.13. The number of hydrogen-bond acceptors (Lipinski definition) is 5. The smallest absolute Gasteiger partial charge is 0.234 e. The SMILES string of the molecule is COc1cc(N2CCCCC2C)nc(NC(=S)NCC2(c3ccccc3)CCCC2)n1. The fourth-order valence-electron chi connectivity index (χ4n) is 4.97. The Morgan fingerprint density at radius 3 is 2.65 bits per heavy atom. The molecule has 1 unspecified atom stereocenters. The van der Waals surface area contributed by atoms with Gasteiger partial charge in [0.05, 0.1) is 7.11 Å². The van der Waals surface area contributed by atoms with Crippen molar-refractivity contribution in [1.82, 2.24) is 15.3 Å². The number of rotatable bonds is 6. The molecule has 1 aromatic heterocycles. The summed E-state index contributed by atoms with van der Waals surface area (Å²) in [7, 11) is 1.63. The monoisotopic (exact) mass is 439 g/mol.